The molecule has 0 aliphatic carbocycles. The molecular weight excluding hydrogens is 184 g/mol. The second-order valence-electron chi connectivity index (χ2n) is 2.67. The number of ether oxygens (including phenoxy) is 1. The molecular formula is C8H10N4O2. The summed E-state index contributed by atoms with van der Waals surface area (Å²) in [6.07, 6.45) is 6.21. The van der Waals surface area contributed by atoms with Crippen molar-refractivity contribution >= 4 is 12.4 Å². The molecule has 14 heavy (non-hydrogen) atoms. The third-order valence-corrected chi connectivity index (χ3v) is 1.73. The van der Waals surface area contributed by atoms with Gasteiger partial charge in [0.15, 0.2) is 0 Å². The summed E-state index contributed by atoms with van der Waals surface area (Å²) >= 11 is 0. The molecule has 0 aromatic rings. The molecule has 0 atom stereocenters. The number of hydrogen-bond acceptors (Lipinski definition) is 5. The molecule has 0 saturated carbocycles. The third-order valence-electron chi connectivity index (χ3n) is 1.73. The quantitative estimate of drug-likeness (QED) is 0.663. The van der Waals surface area contributed by atoms with Crippen molar-refractivity contribution in [3.8, 4) is 0 Å². The number of nitrogens with zero attached hydrogens (tertiary/aromatic N) is 3. The predicted octanol–water partition coefficient (Wildman–Crippen LogP) is 0.577. The number of amides is 1. The third kappa shape index (κ3) is 1.47. The zero-order valence-corrected chi connectivity index (χ0v) is 7.67. The first-order valence-electron chi connectivity index (χ1n) is 4.24. The van der Waals surface area contributed by atoms with Crippen molar-refractivity contribution in [3.63, 3.8) is 0 Å². The van der Waals surface area contributed by atoms with Crippen LogP contribution in [0, 0.1) is 0 Å². The van der Waals surface area contributed by atoms with Crippen molar-refractivity contribution in [1.82, 2.24) is 15.6 Å². The van der Waals surface area contributed by atoms with Crippen molar-refractivity contribution in [1.29, 1.82) is 0 Å². The Balaban J connectivity index is 2.06. The maximum absolute atomic E-state index is 11.3. The number of carbonyl (C=O) groups excluding carboxylic acids is 1. The van der Waals surface area contributed by atoms with E-state index in [1.165, 1.54) is 5.01 Å². The van der Waals surface area contributed by atoms with Crippen LogP contribution < -0.4 is 5.53 Å². The molecule has 0 spiro atoms. The van der Waals surface area contributed by atoms with Crippen LogP contribution in [0.25, 0.3) is 0 Å². The molecule has 6 nitrogen and oxygen atoms in total. The number of aliphatic imine (C=N–C) groups is 1. The molecule has 2 heterocycles. The van der Waals surface area contributed by atoms with Gasteiger partial charge in [-0.1, -0.05) is 0 Å². The van der Waals surface area contributed by atoms with Crippen LogP contribution in [0.1, 0.15) is 6.92 Å². The van der Waals surface area contributed by atoms with E-state index in [1.807, 2.05) is 0 Å². The monoisotopic (exact) mass is 194 g/mol. The highest BCUT2D eigenvalue weighted by Crippen LogP contribution is 2.14. The van der Waals surface area contributed by atoms with Gasteiger partial charge in [-0.2, -0.15) is 5.01 Å². The lowest BCUT2D eigenvalue weighted by molar-refractivity contribution is 0.0947. The number of hydrogen-bond donors (Lipinski definition) is 1. The van der Waals surface area contributed by atoms with Crippen LogP contribution in [-0.2, 0) is 4.74 Å². The van der Waals surface area contributed by atoms with Gasteiger partial charge in [0.1, 0.15) is 6.34 Å². The molecule has 74 valence electrons. The van der Waals surface area contributed by atoms with Crippen molar-refractivity contribution in [2.24, 2.45) is 4.99 Å². The summed E-state index contributed by atoms with van der Waals surface area (Å²) in [5, 5.41) is 2.89. The largest absolute Gasteiger partial charge is 0.448 e. The summed E-state index contributed by atoms with van der Waals surface area (Å²) in [5.41, 5.74) is 3.62. The Labute approximate surface area is 81.1 Å². The number of hydrazine groups is 2. The zero-order valence-electron chi connectivity index (χ0n) is 7.67. The van der Waals surface area contributed by atoms with Gasteiger partial charge in [-0.15, -0.1) is 5.53 Å². The lowest BCUT2D eigenvalue weighted by Crippen LogP contribution is -2.43. The highest BCUT2D eigenvalue weighted by molar-refractivity contribution is 5.71. The first-order valence-corrected chi connectivity index (χ1v) is 4.24. The molecule has 0 saturated heterocycles. The van der Waals surface area contributed by atoms with E-state index < -0.39 is 6.09 Å². The fourth-order valence-electron chi connectivity index (χ4n) is 1.12. The molecule has 0 bridgehead atoms. The van der Waals surface area contributed by atoms with Gasteiger partial charge < -0.3 is 4.74 Å². The summed E-state index contributed by atoms with van der Waals surface area (Å²) in [6.45, 7) is 2.11. The SMILES string of the molecule is CCOC(=O)N1C=C2C=CN=CN2N1. The zero-order chi connectivity index (χ0) is 9.97. The fourth-order valence-corrected chi connectivity index (χ4v) is 1.12. The molecule has 1 N–H and O–H groups in total. The number of allylic oxidation sites excluding steroid dienone is 1. The first-order chi connectivity index (χ1) is 6.81. The maximum Gasteiger partial charge on any atom is 0.430 e. The standard InChI is InChI=1S/C8H10N4O2/c1-2-14-8(13)11-5-7-3-4-9-6-12(7)10-11/h3-6,10H,2H2,1H3. The Kier molecular flexibility index (Phi) is 2.19. The smallest absolute Gasteiger partial charge is 0.430 e. The van der Waals surface area contributed by atoms with E-state index in [0.29, 0.717) is 6.61 Å². The van der Waals surface area contributed by atoms with E-state index in [-0.39, 0.29) is 0 Å². The van der Waals surface area contributed by atoms with Gasteiger partial charge in [-0.25, -0.2) is 14.8 Å². The molecule has 0 unspecified atom stereocenters. The van der Waals surface area contributed by atoms with Crippen LogP contribution in [0.2, 0.25) is 0 Å². The molecule has 1 amide bonds. The van der Waals surface area contributed by atoms with Crippen molar-refractivity contribution < 1.29 is 9.53 Å². The van der Waals surface area contributed by atoms with Crippen LogP contribution in [0.15, 0.2) is 29.2 Å². The Morgan fingerprint density at radius 2 is 2.57 bits per heavy atom. The highest BCUT2D eigenvalue weighted by atomic mass is 16.6. The lowest BCUT2D eigenvalue weighted by Gasteiger charge is -2.18. The summed E-state index contributed by atoms with van der Waals surface area (Å²) < 4.78 is 4.82. The maximum atomic E-state index is 11.3. The Morgan fingerprint density at radius 1 is 1.71 bits per heavy atom. The molecule has 0 fully saturated rings. The van der Waals surface area contributed by atoms with Gasteiger partial charge in [0, 0.05) is 6.20 Å². The average Bonchev–Trinajstić information content (AvgIpc) is 2.61. The fraction of sp³-hybridized carbons (Fsp3) is 0.250. The molecule has 2 aliphatic heterocycles. The molecule has 2 aliphatic rings. The van der Waals surface area contributed by atoms with E-state index >= 15 is 0 Å². The Bertz CT molecular complexity index is 334. The number of nitrogens with one attached hydrogen (secondary N) is 1. The van der Waals surface area contributed by atoms with E-state index in [4.69, 9.17) is 4.74 Å². The number of rotatable bonds is 1. The minimum Gasteiger partial charge on any atom is -0.448 e. The molecule has 2 rings (SSSR count). The summed E-state index contributed by atoms with van der Waals surface area (Å²) in [4.78, 5) is 15.2. The van der Waals surface area contributed by atoms with E-state index in [0.717, 1.165) is 5.70 Å². The molecule has 0 aromatic carbocycles. The second kappa shape index (κ2) is 3.51. The topological polar surface area (TPSA) is 57.2 Å². The molecule has 0 aromatic heterocycles. The minimum atomic E-state index is -0.434. The van der Waals surface area contributed by atoms with Crippen LogP contribution in [-0.4, -0.2) is 29.1 Å². The number of fused-ring (bicyclic) bond motifs is 1. The minimum absolute atomic E-state index is 0.351. The van der Waals surface area contributed by atoms with E-state index in [1.54, 1.807) is 36.7 Å². The van der Waals surface area contributed by atoms with Crippen LogP contribution in [0.3, 0.4) is 0 Å². The number of carbonyl (C=O) groups is 1. The normalized spacial score (nSPS) is 18.2. The van der Waals surface area contributed by atoms with Crippen molar-refractivity contribution in [2.45, 2.75) is 6.92 Å². The van der Waals surface area contributed by atoms with Gasteiger partial charge in [0.25, 0.3) is 0 Å². The van der Waals surface area contributed by atoms with Crippen LogP contribution >= 0.6 is 0 Å². The van der Waals surface area contributed by atoms with Crippen molar-refractivity contribution in [2.75, 3.05) is 6.61 Å². The van der Waals surface area contributed by atoms with Gasteiger partial charge in [-0.3, -0.25) is 0 Å². The molecule has 0 radical (unpaired) electrons. The summed E-state index contributed by atoms with van der Waals surface area (Å²) in [5.74, 6) is 0. The van der Waals surface area contributed by atoms with Crippen molar-refractivity contribution in [3.05, 3.63) is 24.2 Å². The van der Waals surface area contributed by atoms with E-state index in [2.05, 4.69) is 10.5 Å². The Morgan fingerprint density at radius 3 is 3.29 bits per heavy atom. The van der Waals surface area contributed by atoms with Gasteiger partial charge in [-0.05, 0) is 13.0 Å². The summed E-state index contributed by atoms with van der Waals surface area (Å²) in [6, 6.07) is 0. The van der Waals surface area contributed by atoms with Gasteiger partial charge in [0.2, 0.25) is 0 Å². The highest BCUT2D eigenvalue weighted by Gasteiger charge is 2.24. The second-order valence-corrected chi connectivity index (χ2v) is 2.67. The molecule has 6 heteroatoms. The first kappa shape index (κ1) is 8.76. The Hall–Kier alpha value is -1.82. The van der Waals surface area contributed by atoms with E-state index in [9.17, 15) is 4.79 Å². The van der Waals surface area contributed by atoms with Crippen LogP contribution in [0.5, 0.6) is 0 Å². The van der Waals surface area contributed by atoms with Crippen LogP contribution in [0.4, 0.5) is 4.79 Å². The predicted molar refractivity (Wildman–Crippen MR) is 49.6 cm³/mol. The summed E-state index contributed by atoms with van der Waals surface area (Å²) in [7, 11) is 0. The van der Waals surface area contributed by atoms with Gasteiger partial charge >= 0.3 is 6.09 Å². The average molecular weight is 194 g/mol. The lowest BCUT2D eigenvalue weighted by atomic mass is 10.4. The van der Waals surface area contributed by atoms with Gasteiger partial charge in [0.05, 0.1) is 18.5 Å².